The smallest absolute Gasteiger partial charge is 0.387 e. The maximum atomic E-state index is 13.7. The highest BCUT2D eigenvalue weighted by Gasteiger charge is 2.36. The molecule has 1 unspecified atom stereocenters. The fourth-order valence-corrected chi connectivity index (χ4v) is 4.22. The van der Waals surface area contributed by atoms with Crippen molar-refractivity contribution in [2.75, 3.05) is 0 Å². The molecule has 9 heteroatoms. The van der Waals surface area contributed by atoms with Gasteiger partial charge in [0.25, 0.3) is 5.91 Å². The first-order chi connectivity index (χ1) is 14.9. The maximum Gasteiger partial charge on any atom is 0.387 e. The highest BCUT2D eigenvalue weighted by atomic mass is 32.2. The van der Waals surface area contributed by atoms with Gasteiger partial charge in [-0.2, -0.15) is 13.9 Å². The third kappa shape index (κ3) is 4.56. The van der Waals surface area contributed by atoms with E-state index in [-0.39, 0.29) is 11.3 Å². The minimum Gasteiger partial charge on any atom is -0.434 e. The lowest BCUT2D eigenvalue weighted by Gasteiger charge is -2.23. The van der Waals surface area contributed by atoms with Crippen LogP contribution in [0.2, 0.25) is 0 Å². The van der Waals surface area contributed by atoms with Gasteiger partial charge in [0.1, 0.15) is 27.8 Å². The maximum absolute atomic E-state index is 13.7. The van der Waals surface area contributed by atoms with Crippen molar-refractivity contribution >= 4 is 22.7 Å². The van der Waals surface area contributed by atoms with Crippen LogP contribution < -0.4 is 4.74 Å². The highest BCUT2D eigenvalue weighted by Crippen LogP contribution is 2.45. The Hall–Kier alpha value is -3.33. The molecule has 0 saturated carbocycles. The van der Waals surface area contributed by atoms with Crippen LogP contribution in [0.1, 0.15) is 26.9 Å². The van der Waals surface area contributed by atoms with Crippen LogP contribution in [0.3, 0.4) is 0 Å². The quantitative estimate of drug-likeness (QED) is 0.464. The Morgan fingerprint density at radius 3 is 2.42 bits per heavy atom. The van der Waals surface area contributed by atoms with Crippen molar-refractivity contribution in [3.05, 3.63) is 101 Å². The van der Waals surface area contributed by atoms with Gasteiger partial charge in [0.2, 0.25) is 0 Å². The van der Waals surface area contributed by atoms with E-state index in [0.29, 0.717) is 16.2 Å². The molecule has 31 heavy (non-hydrogen) atoms. The van der Waals surface area contributed by atoms with Crippen molar-refractivity contribution in [3.63, 3.8) is 0 Å². The Morgan fingerprint density at radius 2 is 1.71 bits per heavy atom. The van der Waals surface area contributed by atoms with Gasteiger partial charge in [0.05, 0.1) is 0 Å². The van der Waals surface area contributed by atoms with E-state index >= 15 is 0 Å². The van der Waals surface area contributed by atoms with Gasteiger partial charge in [-0.25, -0.2) is 13.8 Å². The monoisotopic (exact) mass is 446 g/mol. The molecule has 0 N–H and O–H groups in total. The first kappa shape index (κ1) is 20.9. The minimum atomic E-state index is -3.06. The number of thioether (sulfide) groups is 1. The van der Waals surface area contributed by atoms with E-state index in [1.807, 2.05) is 0 Å². The molecule has 1 aliphatic rings. The zero-order valence-corrected chi connectivity index (χ0v) is 16.5. The number of rotatable bonds is 5. The van der Waals surface area contributed by atoms with Gasteiger partial charge in [0, 0.05) is 16.7 Å². The van der Waals surface area contributed by atoms with Crippen molar-refractivity contribution in [2.24, 2.45) is 5.10 Å². The van der Waals surface area contributed by atoms with Crippen LogP contribution in [0.4, 0.5) is 17.6 Å². The van der Waals surface area contributed by atoms with Crippen molar-refractivity contribution in [2.45, 2.75) is 12.0 Å². The van der Waals surface area contributed by atoms with Gasteiger partial charge in [-0.05, 0) is 48.5 Å². The Morgan fingerprint density at radius 1 is 0.968 bits per heavy atom. The number of hydrazone groups is 1. The summed E-state index contributed by atoms with van der Waals surface area (Å²) in [5.74, 6) is -1.77. The average Bonchev–Trinajstić information content (AvgIpc) is 3.19. The molecule has 0 aromatic heterocycles. The van der Waals surface area contributed by atoms with E-state index in [0.717, 1.165) is 22.8 Å². The summed E-state index contributed by atoms with van der Waals surface area (Å²) in [6.45, 7) is -3.06. The summed E-state index contributed by atoms with van der Waals surface area (Å²) in [5, 5.41) is 4.96. The fraction of sp³-hybridized carbons (Fsp3) is 0.0909. The van der Waals surface area contributed by atoms with Gasteiger partial charge < -0.3 is 4.74 Å². The summed E-state index contributed by atoms with van der Waals surface area (Å²) in [6, 6.07) is 16.6. The van der Waals surface area contributed by atoms with Gasteiger partial charge in [-0.1, -0.05) is 36.0 Å². The number of nitrogens with zero attached hydrogens (tertiary/aromatic N) is 2. The number of carbonyl (C=O) groups excluding carboxylic acids is 1. The largest absolute Gasteiger partial charge is 0.434 e. The van der Waals surface area contributed by atoms with E-state index in [1.54, 1.807) is 12.1 Å². The van der Waals surface area contributed by atoms with Crippen LogP contribution in [0.25, 0.3) is 0 Å². The summed E-state index contributed by atoms with van der Waals surface area (Å²) in [4.78, 5) is 13.1. The molecule has 3 aromatic carbocycles. The topological polar surface area (TPSA) is 41.9 Å². The summed E-state index contributed by atoms with van der Waals surface area (Å²) in [5.41, 5.74) is 0.874. The molecular formula is C22H14F4N2O2S. The second-order valence-corrected chi connectivity index (χ2v) is 7.53. The first-order valence-corrected chi connectivity index (χ1v) is 9.94. The normalized spacial score (nSPS) is 15.8. The number of hydrogen-bond donors (Lipinski definition) is 0. The van der Waals surface area contributed by atoms with Crippen LogP contribution in [0, 0.1) is 11.6 Å². The zero-order chi connectivity index (χ0) is 22.0. The third-order valence-electron chi connectivity index (χ3n) is 4.42. The zero-order valence-electron chi connectivity index (χ0n) is 15.7. The molecule has 1 aliphatic heterocycles. The summed E-state index contributed by atoms with van der Waals surface area (Å²) in [7, 11) is 0. The molecule has 0 aliphatic carbocycles. The van der Waals surface area contributed by atoms with Gasteiger partial charge in [-0.15, -0.1) is 0 Å². The van der Waals surface area contributed by atoms with Crippen LogP contribution in [-0.4, -0.2) is 22.6 Å². The third-order valence-corrected chi connectivity index (χ3v) is 5.63. The number of para-hydroxylation sites is 1. The number of halogens is 4. The number of hydrogen-bond acceptors (Lipinski definition) is 4. The average molecular weight is 446 g/mol. The molecule has 4 nitrogen and oxygen atoms in total. The molecule has 158 valence electrons. The van der Waals surface area contributed by atoms with Crippen molar-refractivity contribution < 1.29 is 27.1 Å². The highest BCUT2D eigenvalue weighted by molar-refractivity contribution is 8.14. The van der Waals surface area contributed by atoms with E-state index in [2.05, 4.69) is 9.84 Å². The van der Waals surface area contributed by atoms with E-state index < -0.39 is 29.5 Å². The summed E-state index contributed by atoms with van der Waals surface area (Å²) < 4.78 is 57.4. The number of ether oxygens (including phenoxy) is 1. The van der Waals surface area contributed by atoms with Crippen LogP contribution in [-0.2, 0) is 0 Å². The van der Waals surface area contributed by atoms with Crippen molar-refractivity contribution in [3.8, 4) is 5.75 Å². The Balaban J connectivity index is 1.76. The predicted molar refractivity (Wildman–Crippen MR) is 109 cm³/mol. The summed E-state index contributed by atoms with van der Waals surface area (Å²) in [6.07, 6.45) is 0. The second kappa shape index (κ2) is 8.81. The lowest BCUT2D eigenvalue weighted by molar-refractivity contribution is -0.0507. The lowest BCUT2D eigenvalue weighted by atomic mass is 10.1. The molecule has 0 saturated heterocycles. The fourth-order valence-electron chi connectivity index (χ4n) is 3.04. The lowest BCUT2D eigenvalue weighted by Crippen LogP contribution is -2.26. The number of carbonyl (C=O) groups is 1. The Bertz CT molecular complexity index is 1140. The predicted octanol–water partition coefficient (Wildman–Crippen LogP) is 5.82. The van der Waals surface area contributed by atoms with E-state index in [4.69, 9.17) is 0 Å². The van der Waals surface area contributed by atoms with E-state index in [1.165, 1.54) is 54.6 Å². The SMILES string of the molecule is O=C(c1cccc(F)c1)N1N=C(c2ccc(F)cc2)SC1c1ccccc1OC(F)F. The van der Waals surface area contributed by atoms with E-state index in [9.17, 15) is 22.4 Å². The molecule has 1 amide bonds. The van der Waals surface area contributed by atoms with Crippen LogP contribution in [0.5, 0.6) is 5.75 Å². The molecule has 1 atom stereocenters. The first-order valence-electron chi connectivity index (χ1n) is 9.06. The van der Waals surface area contributed by atoms with Gasteiger partial charge in [-0.3, -0.25) is 4.79 Å². The Kier molecular flexibility index (Phi) is 5.94. The standard InChI is InChI=1S/C22H14F4N2O2S/c23-15-10-8-13(9-11-15)19-27-28(20(29)14-4-3-5-16(24)12-14)21(31-19)17-6-1-2-7-18(17)30-22(25)26/h1-12,21-22H. The van der Waals surface area contributed by atoms with Crippen molar-refractivity contribution in [1.82, 2.24) is 5.01 Å². The van der Waals surface area contributed by atoms with Gasteiger partial charge >= 0.3 is 6.61 Å². The second-order valence-electron chi connectivity index (χ2n) is 6.46. The van der Waals surface area contributed by atoms with Crippen LogP contribution >= 0.6 is 11.8 Å². The molecule has 0 spiro atoms. The number of alkyl halides is 2. The van der Waals surface area contributed by atoms with Crippen LogP contribution in [0.15, 0.2) is 77.9 Å². The number of amides is 1. The molecule has 0 radical (unpaired) electrons. The molecule has 0 fully saturated rings. The molecular weight excluding hydrogens is 432 g/mol. The number of benzene rings is 3. The van der Waals surface area contributed by atoms with Gasteiger partial charge in [0.15, 0.2) is 0 Å². The molecule has 3 aromatic rings. The molecule has 0 bridgehead atoms. The van der Waals surface area contributed by atoms with Crippen molar-refractivity contribution in [1.29, 1.82) is 0 Å². The molecule has 4 rings (SSSR count). The Labute approximate surface area is 179 Å². The molecule has 1 heterocycles. The minimum absolute atomic E-state index is 0.0435. The summed E-state index contributed by atoms with van der Waals surface area (Å²) >= 11 is 1.11.